The van der Waals surface area contributed by atoms with Crippen molar-refractivity contribution >= 4 is 6.29 Å². The standard InChI is InChI=1S/C18H28.C2H4O/c1-12-5-6-14-13(12)7-8-16-15(14)9-11-18(2)10-3-4-17(16)18;1-2-3/h14-17H,3-11H2,1-2H3;2H,1H3/t14?,15?,16?,17?,18-;/m1./s1. The second-order valence-electron chi connectivity index (χ2n) is 8.24. The van der Waals surface area contributed by atoms with Gasteiger partial charge in [-0.3, -0.25) is 0 Å². The average Bonchev–Trinajstić information content (AvgIpc) is 3.03. The molecule has 0 aliphatic heterocycles. The SMILES string of the molecule is CC1=C2CCC3C(CC[C@@]4(C)CCCC34)C2CC1.CC=O. The van der Waals surface area contributed by atoms with Crippen molar-refractivity contribution in [3.05, 3.63) is 11.1 Å². The maximum absolute atomic E-state index is 8.81. The molecule has 0 N–H and O–H groups in total. The summed E-state index contributed by atoms with van der Waals surface area (Å²) in [4.78, 5) is 8.81. The van der Waals surface area contributed by atoms with Crippen molar-refractivity contribution in [1.29, 1.82) is 0 Å². The molecule has 0 aromatic rings. The van der Waals surface area contributed by atoms with E-state index >= 15 is 0 Å². The molecule has 1 heteroatoms. The van der Waals surface area contributed by atoms with Gasteiger partial charge in [-0.15, -0.1) is 0 Å². The van der Waals surface area contributed by atoms with Crippen LogP contribution in [0.4, 0.5) is 0 Å². The van der Waals surface area contributed by atoms with Crippen LogP contribution in [-0.2, 0) is 4.79 Å². The lowest BCUT2D eigenvalue weighted by Crippen LogP contribution is -2.43. The number of carbonyl (C=O) groups excluding carboxylic acids is 1. The van der Waals surface area contributed by atoms with E-state index in [4.69, 9.17) is 4.79 Å². The van der Waals surface area contributed by atoms with Gasteiger partial charge in [0.25, 0.3) is 0 Å². The van der Waals surface area contributed by atoms with Crippen molar-refractivity contribution in [3.8, 4) is 0 Å². The van der Waals surface area contributed by atoms with Crippen LogP contribution in [0.15, 0.2) is 11.1 Å². The fraction of sp³-hybridized carbons (Fsp3) is 0.850. The van der Waals surface area contributed by atoms with Gasteiger partial charge in [0.1, 0.15) is 6.29 Å². The first-order valence-corrected chi connectivity index (χ1v) is 9.19. The number of allylic oxidation sites excluding steroid dienone is 2. The van der Waals surface area contributed by atoms with Crippen LogP contribution in [-0.4, -0.2) is 6.29 Å². The molecule has 0 bridgehead atoms. The Labute approximate surface area is 130 Å². The zero-order valence-electron chi connectivity index (χ0n) is 14.2. The van der Waals surface area contributed by atoms with E-state index in [0.717, 1.165) is 35.4 Å². The number of hydrogen-bond donors (Lipinski definition) is 0. The lowest BCUT2D eigenvalue weighted by Gasteiger charge is -2.51. The zero-order chi connectivity index (χ0) is 15.0. The van der Waals surface area contributed by atoms with Crippen molar-refractivity contribution in [3.63, 3.8) is 0 Å². The molecule has 3 fully saturated rings. The van der Waals surface area contributed by atoms with Gasteiger partial charge >= 0.3 is 0 Å². The number of fused-ring (bicyclic) bond motifs is 5. The molecule has 0 radical (unpaired) electrons. The molecule has 0 spiro atoms. The highest BCUT2D eigenvalue weighted by Gasteiger charge is 2.52. The Kier molecular flexibility index (Phi) is 4.30. The van der Waals surface area contributed by atoms with E-state index in [0.29, 0.717) is 0 Å². The Hall–Kier alpha value is -0.590. The lowest BCUT2D eigenvalue weighted by atomic mass is 9.54. The summed E-state index contributed by atoms with van der Waals surface area (Å²) < 4.78 is 0. The molecule has 118 valence electrons. The average molecular weight is 288 g/mol. The first-order valence-electron chi connectivity index (χ1n) is 9.19. The van der Waals surface area contributed by atoms with Crippen LogP contribution >= 0.6 is 0 Å². The highest BCUT2D eigenvalue weighted by Crippen LogP contribution is 2.62. The van der Waals surface area contributed by atoms with Gasteiger partial charge < -0.3 is 4.79 Å². The van der Waals surface area contributed by atoms with E-state index in [2.05, 4.69) is 13.8 Å². The first kappa shape index (κ1) is 15.3. The number of rotatable bonds is 0. The molecule has 5 atom stereocenters. The van der Waals surface area contributed by atoms with Crippen molar-refractivity contribution in [2.45, 2.75) is 78.6 Å². The van der Waals surface area contributed by atoms with Crippen LogP contribution in [0, 0.1) is 29.1 Å². The van der Waals surface area contributed by atoms with Crippen LogP contribution in [0.5, 0.6) is 0 Å². The molecule has 0 saturated heterocycles. The van der Waals surface area contributed by atoms with Crippen molar-refractivity contribution in [1.82, 2.24) is 0 Å². The molecule has 3 saturated carbocycles. The summed E-state index contributed by atoms with van der Waals surface area (Å²) in [6.45, 7) is 6.48. The monoisotopic (exact) mass is 288 g/mol. The van der Waals surface area contributed by atoms with Gasteiger partial charge in [0.15, 0.2) is 0 Å². The predicted octanol–water partition coefficient (Wildman–Crippen LogP) is 5.54. The summed E-state index contributed by atoms with van der Waals surface area (Å²) in [6.07, 6.45) is 14.4. The summed E-state index contributed by atoms with van der Waals surface area (Å²) in [5.41, 5.74) is 4.44. The topological polar surface area (TPSA) is 17.1 Å². The maximum atomic E-state index is 8.81. The molecule has 0 heterocycles. The van der Waals surface area contributed by atoms with Crippen LogP contribution in [0.3, 0.4) is 0 Å². The molecule has 0 amide bonds. The van der Waals surface area contributed by atoms with Crippen molar-refractivity contribution in [2.24, 2.45) is 29.1 Å². The van der Waals surface area contributed by atoms with Gasteiger partial charge in [-0.25, -0.2) is 0 Å². The maximum Gasteiger partial charge on any atom is 0.116 e. The Bertz CT molecular complexity index is 435. The highest BCUT2D eigenvalue weighted by atomic mass is 16.1. The lowest BCUT2D eigenvalue weighted by molar-refractivity contribution is -0.106. The van der Waals surface area contributed by atoms with Gasteiger partial charge in [-0.1, -0.05) is 24.5 Å². The quantitative estimate of drug-likeness (QED) is 0.422. The molecule has 4 rings (SSSR count). The molecular formula is C20H32O. The van der Waals surface area contributed by atoms with Crippen LogP contribution < -0.4 is 0 Å². The van der Waals surface area contributed by atoms with Gasteiger partial charge in [0.05, 0.1) is 0 Å². The van der Waals surface area contributed by atoms with E-state index in [1.54, 1.807) is 24.8 Å². The molecule has 0 aromatic heterocycles. The van der Waals surface area contributed by atoms with E-state index in [9.17, 15) is 0 Å². The van der Waals surface area contributed by atoms with Crippen LogP contribution in [0.2, 0.25) is 0 Å². The minimum atomic E-state index is 0.746. The van der Waals surface area contributed by atoms with Gasteiger partial charge in [-0.2, -0.15) is 0 Å². The first-order chi connectivity index (χ1) is 10.1. The van der Waals surface area contributed by atoms with Crippen LogP contribution in [0.25, 0.3) is 0 Å². The van der Waals surface area contributed by atoms with E-state index < -0.39 is 0 Å². The zero-order valence-corrected chi connectivity index (χ0v) is 14.2. The Balaban J connectivity index is 0.000000409. The third-order valence-corrected chi connectivity index (χ3v) is 7.36. The minimum Gasteiger partial charge on any atom is -0.304 e. The summed E-state index contributed by atoms with van der Waals surface area (Å²) >= 11 is 0. The molecular weight excluding hydrogens is 256 g/mol. The van der Waals surface area contributed by atoms with E-state index in [-0.39, 0.29) is 0 Å². The summed E-state index contributed by atoms with van der Waals surface area (Å²) in [5, 5.41) is 0. The summed E-state index contributed by atoms with van der Waals surface area (Å²) in [6, 6.07) is 0. The highest BCUT2D eigenvalue weighted by molar-refractivity contribution is 5.44. The van der Waals surface area contributed by atoms with Crippen molar-refractivity contribution in [2.75, 3.05) is 0 Å². The predicted molar refractivity (Wildman–Crippen MR) is 88.1 cm³/mol. The fourth-order valence-electron chi connectivity index (χ4n) is 6.44. The van der Waals surface area contributed by atoms with Crippen molar-refractivity contribution < 1.29 is 4.79 Å². The molecule has 4 unspecified atom stereocenters. The number of aldehydes is 1. The van der Waals surface area contributed by atoms with E-state index in [1.165, 1.54) is 45.4 Å². The van der Waals surface area contributed by atoms with Gasteiger partial charge in [-0.05, 0) is 94.3 Å². The summed E-state index contributed by atoms with van der Waals surface area (Å²) in [5.74, 6) is 4.31. The Morgan fingerprint density at radius 3 is 2.57 bits per heavy atom. The second kappa shape index (κ2) is 5.89. The molecule has 4 aliphatic carbocycles. The largest absolute Gasteiger partial charge is 0.304 e. The smallest absolute Gasteiger partial charge is 0.116 e. The Morgan fingerprint density at radius 1 is 1.05 bits per heavy atom. The minimum absolute atomic E-state index is 0.746. The number of hydrogen-bond acceptors (Lipinski definition) is 1. The second-order valence-corrected chi connectivity index (χ2v) is 8.24. The van der Waals surface area contributed by atoms with Crippen LogP contribution in [0.1, 0.15) is 78.6 Å². The Morgan fingerprint density at radius 2 is 1.81 bits per heavy atom. The third kappa shape index (κ3) is 2.51. The number of carbonyl (C=O) groups is 1. The molecule has 1 nitrogen and oxygen atoms in total. The fourth-order valence-corrected chi connectivity index (χ4v) is 6.44. The molecule has 21 heavy (non-hydrogen) atoms. The third-order valence-electron chi connectivity index (χ3n) is 7.36. The summed E-state index contributed by atoms with van der Waals surface area (Å²) in [7, 11) is 0. The van der Waals surface area contributed by atoms with E-state index in [1.807, 2.05) is 5.57 Å². The normalized spacial score (nSPS) is 44.3. The molecule has 0 aromatic carbocycles. The molecule has 4 aliphatic rings. The van der Waals surface area contributed by atoms with Gasteiger partial charge in [0.2, 0.25) is 0 Å². The van der Waals surface area contributed by atoms with Gasteiger partial charge in [0, 0.05) is 0 Å².